The number of aliphatic imine (C=N–C) groups is 1. The minimum Gasteiger partial charge on any atom is -0.465 e. The van der Waals surface area contributed by atoms with Crippen LogP contribution in [0.25, 0.3) is 0 Å². The van der Waals surface area contributed by atoms with Gasteiger partial charge in [-0.3, -0.25) is 9.79 Å². The van der Waals surface area contributed by atoms with E-state index in [1.165, 1.54) is 11.8 Å². The van der Waals surface area contributed by atoms with Crippen molar-refractivity contribution in [2.24, 2.45) is 10.9 Å². The number of rotatable bonds is 7. The number of carbonyl (C=O) groups excluding carboxylic acids is 1. The van der Waals surface area contributed by atoms with E-state index < -0.39 is 11.9 Å². The van der Waals surface area contributed by atoms with Gasteiger partial charge in [0.2, 0.25) is 0 Å². The largest absolute Gasteiger partial charge is 0.465 e. The van der Waals surface area contributed by atoms with Crippen LogP contribution in [0.2, 0.25) is 0 Å². The number of nitrogens with zero attached hydrogens (tertiary/aromatic N) is 3. The number of hydrogen-bond acceptors (Lipinski definition) is 5. The van der Waals surface area contributed by atoms with Gasteiger partial charge in [-0.2, -0.15) is 5.26 Å². The minimum atomic E-state index is -0.939. The van der Waals surface area contributed by atoms with Gasteiger partial charge in [-0.05, 0) is 32.1 Å². The summed E-state index contributed by atoms with van der Waals surface area (Å²) in [6, 6.07) is 9.89. The second-order valence-electron chi connectivity index (χ2n) is 4.86. The average Bonchev–Trinajstić information content (AvgIpc) is 2.45. The van der Waals surface area contributed by atoms with Crippen LogP contribution in [0.15, 0.2) is 29.3 Å². The Labute approximate surface area is 125 Å². The Morgan fingerprint density at radius 2 is 2.10 bits per heavy atom. The summed E-state index contributed by atoms with van der Waals surface area (Å²) in [5, 5.41) is 8.95. The summed E-state index contributed by atoms with van der Waals surface area (Å²) in [6.07, 6.45) is 1.37. The molecule has 0 saturated carbocycles. The van der Waals surface area contributed by atoms with Crippen molar-refractivity contribution in [1.82, 2.24) is 4.90 Å². The van der Waals surface area contributed by atoms with Gasteiger partial charge in [-0.15, -0.1) is 0 Å². The maximum atomic E-state index is 11.5. The molecule has 0 unspecified atom stereocenters. The van der Waals surface area contributed by atoms with Crippen molar-refractivity contribution < 1.29 is 9.53 Å². The van der Waals surface area contributed by atoms with Crippen molar-refractivity contribution in [3.8, 4) is 6.07 Å². The molecule has 0 saturated heterocycles. The molecule has 0 radical (unpaired) electrons. The number of nitriles is 1. The molecule has 0 spiro atoms. The Hall–Kier alpha value is -2.19. The number of carbonyl (C=O) groups is 1. The van der Waals surface area contributed by atoms with Crippen LogP contribution in [0.1, 0.15) is 18.1 Å². The highest BCUT2D eigenvalue weighted by Gasteiger charge is 2.16. The Balaban J connectivity index is 2.72. The Bertz CT molecular complexity index is 533. The van der Waals surface area contributed by atoms with Gasteiger partial charge in [-0.1, -0.05) is 24.3 Å². The first kappa shape index (κ1) is 16.9. The predicted octanol–water partition coefficient (Wildman–Crippen LogP) is 2.02. The van der Waals surface area contributed by atoms with E-state index in [1.807, 2.05) is 38.4 Å². The first-order chi connectivity index (χ1) is 10.1. The van der Waals surface area contributed by atoms with Crippen molar-refractivity contribution in [3.63, 3.8) is 0 Å². The average molecular weight is 287 g/mol. The standard InChI is InChI=1S/C16H21N3O2/c1-4-21-16(20)15(9-17)11-18-10-13-7-5-6-8-14(13)12-19(2)3/h5-8,11,15H,4,10,12H2,1-3H3/t15-/m1/s1. The van der Waals surface area contributed by atoms with Crippen LogP contribution in [0.4, 0.5) is 0 Å². The second kappa shape index (κ2) is 8.88. The third-order valence-electron chi connectivity index (χ3n) is 2.80. The van der Waals surface area contributed by atoms with Crippen LogP contribution < -0.4 is 0 Å². The molecule has 5 heteroatoms. The van der Waals surface area contributed by atoms with Gasteiger partial charge < -0.3 is 9.64 Å². The van der Waals surface area contributed by atoms with Gasteiger partial charge in [-0.25, -0.2) is 0 Å². The van der Waals surface area contributed by atoms with Crippen LogP contribution in [0, 0.1) is 17.2 Å². The highest BCUT2D eigenvalue weighted by atomic mass is 16.5. The first-order valence-corrected chi connectivity index (χ1v) is 6.86. The van der Waals surface area contributed by atoms with E-state index in [2.05, 4.69) is 16.0 Å². The fourth-order valence-electron chi connectivity index (χ4n) is 1.84. The molecule has 1 aromatic rings. The van der Waals surface area contributed by atoms with Crippen molar-refractivity contribution in [2.45, 2.75) is 20.0 Å². The van der Waals surface area contributed by atoms with Crippen LogP contribution in [0.3, 0.4) is 0 Å². The molecule has 112 valence electrons. The molecule has 5 nitrogen and oxygen atoms in total. The monoisotopic (exact) mass is 287 g/mol. The highest BCUT2D eigenvalue weighted by Crippen LogP contribution is 2.11. The van der Waals surface area contributed by atoms with E-state index >= 15 is 0 Å². The molecule has 0 aliphatic carbocycles. The lowest BCUT2D eigenvalue weighted by Crippen LogP contribution is -2.17. The number of benzene rings is 1. The predicted molar refractivity (Wildman–Crippen MR) is 81.8 cm³/mol. The molecule has 0 amide bonds. The molecular formula is C16H21N3O2. The molecule has 1 aromatic carbocycles. The van der Waals surface area contributed by atoms with Crippen molar-refractivity contribution in [1.29, 1.82) is 5.26 Å². The van der Waals surface area contributed by atoms with Crippen LogP contribution in [0.5, 0.6) is 0 Å². The smallest absolute Gasteiger partial charge is 0.328 e. The fourth-order valence-corrected chi connectivity index (χ4v) is 1.84. The zero-order valence-corrected chi connectivity index (χ0v) is 12.7. The molecule has 0 bridgehead atoms. The number of hydrogen-bond donors (Lipinski definition) is 0. The summed E-state index contributed by atoms with van der Waals surface area (Å²) in [7, 11) is 4.01. The molecular weight excluding hydrogens is 266 g/mol. The zero-order chi connectivity index (χ0) is 15.7. The molecule has 0 N–H and O–H groups in total. The van der Waals surface area contributed by atoms with Crippen molar-refractivity contribution in [2.75, 3.05) is 20.7 Å². The minimum absolute atomic E-state index is 0.260. The number of ether oxygens (including phenoxy) is 1. The van der Waals surface area contributed by atoms with E-state index in [9.17, 15) is 4.79 Å². The van der Waals surface area contributed by atoms with E-state index in [0.717, 1.165) is 12.1 Å². The lowest BCUT2D eigenvalue weighted by atomic mass is 10.1. The molecule has 0 aliphatic rings. The van der Waals surface area contributed by atoms with Crippen molar-refractivity contribution >= 4 is 12.2 Å². The quantitative estimate of drug-likeness (QED) is 0.568. The second-order valence-corrected chi connectivity index (χ2v) is 4.86. The van der Waals surface area contributed by atoms with Crippen LogP contribution in [-0.4, -0.2) is 37.8 Å². The summed E-state index contributed by atoms with van der Waals surface area (Å²) in [5.74, 6) is -1.49. The lowest BCUT2D eigenvalue weighted by Gasteiger charge is -2.13. The Morgan fingerprint density at radius 1 is 1.43 bits per heavy atom. The van der Waals surface area contributed by atoms with Gasteiger partial charge in [0.1, 0.15) is 0 Å². The molecule has 1 atom stereocenters. The summed E-state index contributed by atoms with van der Waals surface area (Å²) < 4.78 is 4.81. The van der Waals surface area contributed by atoms with E-state index in [-0.39, 0.29) is 6.61 Å². The SMILES string of the molecule is CCOC(=O)[C@H](C#N)C=NCc1ccccc1CN(C)C. The normalized spacial score (nSPS) is 12.3. The van der Waals surface area contributed by atoms with Crippen LogP contribution >= 0.6 is 0 Å². The summed E-state index contributed by atoms with van der Waals surface area (Å²) >= 11 is 0. The van der Waals surface area contributed by atoms with Gasteiger partial charge in [0.05, 0.1) is 19.2 Å². The Kier molecular flexibility index (Phi) is 7.13. The first-order valence-electron chi connectivity index (χ1n) is 6.86. The van der Waals surface area contributed by atoms with Gasteiger partial charge in [0.25, 0.3) is 0 Å². The fraction of sp³-hybridized carbons (Fsp3) is 0.438. The van der Waals surface area contributed by atoms with Gasteiger partial charge in [0.15, 0.2) is 5.92 Å². The molecule has 1 rings (SSSR count). The van der Waals surface area contributed by atoms with E-state index in [1.54, 1.807) is 6.92 Å². The summed E-state index contributed by atoms with van der Waals surface area (Å²) in [6.45, 7) is 3.24. The Morgan fingerprint density at radius 3 is 2.67 bits per heavy atom. The third kappa shape index (κ3) is 5.76. The van der Waals surface area contributed by atoms with Gasteiger partial charge >= 0.3 is 5.97 Å². The molecule has 0 aromatic heterocycles. The lowest BCUT2D eigenvalue weighted by molar-refractivity contribution is -0.143. The number of esters is 1. The third-order valence-corrected chi connectivity index (χ3v) is 2.80. The topological polar surface area (TPSA) is 65.7 Å². The summed E-state index contributed by atoms with van der Waals surface area (Å²) in [5.41, 5.74) is 2.27. The maximum absolute atomic E-state index is 11.5. The van der Waals surface area contributed by atoms with Gasteiger partial charge in [0, 0.05) is 12.8 Å². The molecule has 0 fully saturated rings. The molecule has 0 heterocycles. The molecule has 21 heavy (non-hydrogen) atoms. The summed E-state index contributed by atoms with van der Waals surface area (Å²) in [4.78, 5) is 17.8. The van der Waals surface area contributed by atoms with Crippen molar-refractivity contribution in [3.05, 3.63) is 35.4 Å². The van der Waals surface area contributed by atoms with E-state index in [0.29, 0.717) is 6.54 Å². The maximum Gasteiger partial charge on any atom is 0.328 e. The molecule has 0 aliphatic heterocycles. The zero-order valence-electron chi connectivity index (χ0n) is 12.7. The highest BCUT2D eigenvalue weighted by molar-refractivity contribution is 5.92. The van der Waals surface area contributed by atoms with Crippen LogP contribution in [-0.2, 0) is 22.6 Å². The van der Waals surface area contributed by atoms with E-state index in [4.69, 9.17) is 10.00 Å².